The summed E-state index contributed by atoms with van der Waals surface area (Å²) in [5.74, 6) is 2.06. The number of rotatable bonds is 2. The Labute approximate surface area is 89.9 Å². The van der Waals surface area contributed by atoms with Crippen LogP contribution < -0.4 is 4.90 Å². The van der Waals surface area contributed by atoms with Gasteiger partial charge in [-0.3, -0.25) is 4.79 Å². The zero-order chi connectivity index (χ0) is 10.4. The van der Waals surface area contributed by atoms with Gasteiger partial charge in [0.2, 0.25) is 0 Å². The zero-order valence-electron chi connectivity index (χ0n) is 8.94. The number of fused-ring (bicyclic) bond motifs is 1. The van der Waals surface area contributed by atoms with E-state index in [4.69, 9.17) is 0 Å². The molecule has 1 aromatic carbocycles. The third kappa shape index (κ3) is 1.54. The highest BCUT2D eigenvalue weighted by Crippen LogP contribution is 2.46. The van der Waals surface area contributed by atoms with Gasteiger partial charge in [0.05, 0.1) is 0 Å². The van der Waals surface area contributed by atoms with Crippen molar-refractivity contribution in [3.8, 4) is 0 Å². The second-order valence-corrected chi connectivity index (χ2v) is 4.76. The van der Waals surface area contributed by atoms with Crippen LogP contribution in [0.25, 0.3) is 0 Å². The number of piperidine rings is 1. The maximum Gasteiger partial charge on any atom is 0.159 e. The minimum Gasteiger partial charge on any atom is -0.371 e. The average molecular weight is 201 g/mol. The molecule has 2 aliphatic rings. The lowest BCUT2D eigenvalue weighted by atomic mass is 10.1. The summed E-state index contributed by atoms with van der Waals surface area (Å²) in [5.41, 5.74) is 2.08. The molecule has 0 amide bonds. The van der Waals surface area contributed by atoms with Crippen molar-refractivity contribution in [3.63, 3.8) is 0 Å². The summed E-state index contributed by atoms with van der Waals surface area (Å²) < 4.78 is 0. The van der Waals surface area contributed by atoms with Gasteiger partial charge in [-0.25, -0.2) is 0 Å². The quantitative estimate of drug-likeness (QED) is 0.684. The second-order valence-electron chi connectivity index (χ2n) is 4.76. The first kappa shape index (κ1) is 8.96. The topological polar surface area (TPSA) is 20.3 Å². The van der Waals surface area contributed by atoms with Crippen molar-refractivity contribution < 1.29 is 4.79 Å². The van der Waals surface area contributed by atoms with Gasteiger partial charge in [0.15, 0.2) is 5.78 Å². The summed E-state index contributed by atoms with van der Waals surface area (Å²) in [6.07, 6.45) is 1.43. The molecule has 1 saturated heterocycles. The molecule has 0 radical (unpaired) electrons. The molecule has 15 heavy (non-hydrogen) atoms. The van der Waals surface area contributed by atoms with E-state index in [1.54, 1.807) is 6.92 Å². The lowest BCUT2D eigenvalue weighted by Gasteiger charge is -2.20. The lowest BCUT2D eigenvalue weighted by molar-refractivity contribution is 0.101. The maximum absolute atomic E-state index is 11.1. The van der Waals surface area contributed by atoms with Gasteiger partial charge in [-0.2, -0.15) is 0 Å². The van der Waals surface area contributed by atoms with E-state index in [2.05, 4.69) is 17.0 Å². The Hall–Kier alpha value is -1.31. The minimum atomic E-state index is 0.144. The molecular formula is C13H15NO. The molecule has 1 aliphatic carbocycles. The van der Waals surface area contributed by atoms with Crippen LogP contribution in [0.1, 0.15) is 23.7 Å². The van der Waals surface area contributed by atoms with Crippen molar-refractivity contribution in [3.05, 3.63) is 29.8 Å². The van der Waals surface area contributed by atoms with E-state index in [1.807, 2.05) is 12.1 Å². The van der Waals surface area contributed by atoms with Crippen molar-refractivity contribution in [2.45, 2.75) is 13.3 Å². The van der Waals surface area contributed by atoms with Crippen LogP contribution in [0.4, 0.5) is 5.69 Å². The minimum absolute atomic E-state index is 0.144. The number of carbonyl (C=O) groups excluding carboxylic acids is 1. The van der Waals surface area contributed by atoms with Gasteiger partial charge >= 0.3 is 0 Å². The first-order valence-electron chi connectivity index (χ1n) is 5.60. The van der Waals surface area contributed by atoms with Gasteiger partial charge < -0.3 is 4.90 Å². The van der Waals surface area contributed by atoms with Crippen molar-refractivity contribution in [1.82, 2.24) is 0 Å². The van der Waals surface area contributed by atoms with Crippen LogP contribution in [0.5, 0.6) is 0 Å². The van der Waals surface area contributed by atoms with E-state index in [0.29, 0.717) is 0 Å². The Bertz CT molecular complexity index is 386. The third-order valence-corrected chi connectivity index (χ3v) is 3.62. The standard InChI is InChI=1S/C13H15NO/c1-9(15)10-2-4-13(5-3-10)14-7-11-6-12(11)8-14/h2-5,11-12H,6-8H2,1H3. The molecule has 0 aromatic heterocycles. The monoisotopic (exact) mass is 201 g/mol. The molecule has 0 spiro atoms. The van der Waals surface area contributed by atoms with Crippen LogP contribution in [0.3, 0.4) is 0 Å². The van der Waals surface area contributed by atoms with Crippen molar-refractivity contribution in [1.29, 1.82) is 0 Å². The van der Waals surface area contributed by atoms with E-state index < -0.39 is 0 Å². The van der Waals surface area contributed by atoms with Gasteiger partial charge in [0.25, 0.3) is 0 Å². The smallest absolute Gasteiger partial charge is 0.159 e. The summed E-state index contributed by atoms with van der Waals surface area (Å²) in [7, 11) is 0. The number of hydrogen-bond acceptors (Lipinski definition) is 2. The molecule has 78 valence electrons. The fourth-order valence-electron chi connectivity index (χ4n) is 2.52. The summed E-state index contributed by atoms with van der Waals surface area (Å²) in [6, 6.07) is 8.01. The molecule has 2 fully saturated rings. The van der Waals surface area contributed by atoms with Gasteiger partial charge in [0, 0.05) is 24.3 Å². The van der Waals surface area contributed by atoms with Crippen LogP contribution in [0.2, 0.25) is 0 Å². The Morgan fingerprint density at radius 1 is 1.20 bits per heavy atom. The lowest BCUT2D eigenvalue weighted by Crippen LogP contribution is -2.21. The molecule has 1 heterocycles. The number of Topliss-reactive ketones (excluding diaryl/α,β-unsaturated/α-hetero) is 1. The van der Waals surface area contributed by atoms with Gasteiger partial charge in [0.1, 0.15) is 0 Å². The van der Waals surface area contributed by atoms with Gasteiger partial charge in [-0.1, -0.05) is 0 Å². The first-order valence-corrected chi connectivity index (χ1v) is 5.60. The van der Waals surface area contributed by atoms with E-state index >= 15 is 0 Å². The number of hydrogen-bond donors (Lipinski definition) is 0. The molecule has 1 aromatic rings. The number of carbonyl (C=O) groups is 1. The average Bonchev–Trinajstić information content (AvgIpc) is 2.86. The van der Waals surface area contributed by atoms with E-state index in [9.17, 15) is 4.79 Å². The van der Waals surface area contributed by atoms with Crippen LogP contribution in [-0.4, -0.2) is 18.9 Å². The number of benzene rings is 1. The fraction of sp³-hybridized carbons (Fsp3) is 0.462. The van der Waals surface area contributed by atoms with Crippen molar-refractivity contribution in [2.24, 2.45) is 11.8 Å². The Morgan fingerprint density at radius 2 is 1.80 bits per heavy atom. The number of anilines is 1. The second kappa shape index (κ2) is 3.09. The summed E-state index contributed by atoms with van der Waals surface area (Å²) in [4.78, 5) is 13.6. The van der Waals surface area contributed by atoms with Crippen molar-refractivity contribution >= 4 is 11.5 Å². The molecular weight excluding hydrogens is 186 g/mol. The Morgan fingerprint density at radius 3 is 2.33 bits per heavy atom. The highest BCUT2D eigenvalue weighted by Gasteiger charge is 2.44. The summed E-state index contributed by atoms with van der Waals surface area (Å²) in [5, 5.41) is 0. The molecule has 0 bridgehead atoms. The van der Waals surface area contributed by atoms with E-state index in [-0.39, 0.29) is 5.78 Å². The zero-order valence-corrected chi connectivity index (χ0v) is 8.94. The summed E-state index contributed by atoms with van der Waals surface area (Å²) in [6.45, 7) is 4.04. The van der Waals surface area contributed by atoms with E-state index in [0.717, 1.165) is 17.4 Å². The first-order chi connectivity index (χ1) is 7.24. The predicted octanol–water partition coefficient (Wildman–Crippen LogP) is 2.35. The van der Waals surface area contributed by atoms with Gasteiger partial charge in [-0.05, 0) is 49.4 Å². The number of nitrogens with zero attached hydrogens (tertiary/aromatic N) is 1. The number of ketones is 1. The highest BCUT2D eigenvalue weighted by atomic mass is 16.1. The van der Waals surface area contributed by atoms with Crippen LogP contribution in [0.15, 0.2) is 24.3 Å². The molecule has 2 atom stereocenters. The third-order valence-electron chi connectivity index (χ3n) is 3.62. The molecule has 1 saturated carbocycles. The Balaban J connectivity index is 1.78. The van der Waals surface area contributed by atoms with E-state index in [1.165, 1.54) is 25.2 Å². The SMILES string of the molecule is CC(=O)c1ccc(N2CC3CC3C2)cc1. The highest BCUT2D eigenvalue weighted by molar-refractivity contribution is 5.94. The molecule has 2 heteroatoms. The Kier molecular flexibility index (Phi) is 1.84. The molecule has 1 aliphatic heterocycles. The maximum atomic E-state index is 11.1. The van der Waals surface area contributed by atoms with Crippen molar-refractivity contribution in [2.75, 3.05) is 18.0 Å². The largest absolute Gasteiger partial charge is 0.371 e. The van der Waals surface area contributed by atoms with Gasteiger partial charge in [-0.15, -0.1) is 0 Å². The molecule has 2 nitrogen and oxygen atoms in total. The van der Waals surface area contributed by atoms with Crippen LogP contribution in [0, 0.1) is 11.8 Å². The fourth-order valence-corrected chi connectivity index (χ4v) is 2.52. The predicted molar refractivity (Wildman–Crippen MR) is 60.3 cm³/mol. The van der Waals surface area contributed by atoms with Crippen LogP contribution in [-0.2, 0) is 0 Å². The molecule has 0 N–H and O–H groups in total. The molecule has 3 rings (SSSR count). The normalized spacial score (nSPS) is 27.7. The summed E-state index contributed by atoms with van der Waals surface area (Å²) >= 11 is 0. The van der Waals surface area contributed by atoms with Crippen LogP contribution >= 0.6 is 0 Å². The molecule has 2 unspecified atom stereocenters.